The second-order valence-corrected chi connectivity index (χ2v) is 9.00. The van der Waals surface area contributed by atoms with E-state index in [2.05, 4.69) is 11.6 Å². The molecule has 5 rings (SSSR count). The molecule has 7 nitrogen and oxygen atoms in total. The third-order valence-corrected chi connectivity index (χ3v) is 6.82. The van der Waals surface area contributed by atoms with Gasteiger partial charge in [-0.15, -0.1) is 0 Å². The number of H-pyrrole nitrogens is 1. The molecule has 0 bridgehead atoms. The van der Waals surface area contributed by atoms with E-state index >= 15 is 0 Å². The van der Waals surface area contributed by atoms with Gasteiger partial charge >= 0.3 is 0 Å². The highest BCUT2D eigenvalue weighted by Gasteiger charge is 2.48. The van der Waals surface area contributed by atoms with Crippen molar-refractivity contribution in [3.05, 3.63) is 59.8 Å². The standard InChI is InChI=1S/C16H19N3O2.C9H13NO/c17-14(11-3-1-2-4-15(11)20)7-12-13(8-19-16(12)18)10-5-6-21-9-10;1-2-8(11)10-6-9(7-10)4-3-5-9/h1-4,7-8,10,19-20H,5-6,9,17-18H2;2H,1,3-7H2/b14-7-;. The first-order valence-corrected chi connectivity index (χ1v) is 11.1. The number of hydrogen-bond acceptors (Lipinski definition) is 5. The molecule has 3 aliphatic rings. The highest BCUT2D eigenvalue weighted by atomic mass is 16.5. The minimum Gasteiger partial charge on any atom is -0.507 e. The average molecular weight is 437 g/mol. The largest absolute Gasteiger partial charge is 0.507 e. The van der Waals surface area contributed by atoms with Crippen LogP contribution in [-0.4, -0.2) is 47.2 Å². The van der Waals surface area contributed by atoms with Crippen LogP contribution in [-0.2, 0) is 9.53 Å². The molecular weight excluding hydrogens is 404 g/mol. The first kappa shape index (κ1) is 22.0. The molecule has 1 amide bonds. The van der Waals surface area contributed by atoms with E-state index in [-0.39, 0.29) is 11.7 Å². The molecule has 1 aromatic carbocycles. The summed E-state index contributed by atoms with van der Waals surface area (Å²) in [6.45, 7) is 6.91. The van der Waals surface area contributed by atoms with Gasteiger partial charge in [0.2, 0.25) is 5.91 Å². The number of phenolic OH excluding ortho intramolecular Hbond substituents is 1. The second-order valence-electron chi connectivity index (χ2n) is 9.00. The number of nitrogens with zero attached hydrogens (tertiary/aromatic N) is 1. The molecule has 1 atom stereocenters. The number of carbonyl (C=O) groups is 1. The van der Waals surface area contributed by atoms with Crippen LogP contribution in [0.1, 0.15) is 48.3 Å². The Morgan fingerprint density at radius 3 is 2.66 bits per heavy atom. The van der Waals surface area contributed by atoms with Crippen LogP contribution in [0.2, 0.25) is 0 Å². The number of aromatic hydroxyl groups is 1. The molecule has 3 heterocycles. The minimum atomic E-state index is 0.0996. The topological polar surface area (TPSA) is 118 Å². The van der Waals surface area contributed by atoms with Gasteiger partial charge in [-0.25, -0.2) is 0 Å². The van der Waals surface area contributed by atoms with Crippen molar-refractivity contribution in [2.24, 2.45) is 11.1 Å². The van der Waals surface area contributed by atoms with Crippen LogP contribution in [0.3, 0.4) is 0 Å². The number of aromatic amines is 1. The molecule has 2 aliphatic heterocycles. The fraction of sp³-hybridized carbons (Fsp3) is 0.400. The molecule has 1 spiro atoms. The number of likely N-dealkylation sites (tertiary alicyclic amines) is 1. The number of benzene rings is 1. The van der Waals surface area contributed by atoms with E-state index in [0.29, 0.717) is 35.0 Å². The van der Waals surface area contributed by atoms with E-state index in [1.165, 1.54) is 25.3 Å². The van der Waals surface area contributed by atoms with Crippen LogP contribution < -0.4 is 11.5 Å². The highest BCUT2D eigenvalue weighted by molar-refractivity contribution is 5.88. The summed E-state index contributed by atoms with van der Waals surface area (Å²) in [5, 5.41) is 9.88. The summed E-state index contributed by atoms with van der Waals surface area (Å²) >= 11 is 0. The minimum absolute atomic E-state index is 0.0996. The lowest BCUT2D eigenvalue weighted by atomic mass is 9.63. The van der Waals surface area contributed by atoms with Crippen molar-refractivity contribution in [1.82, 2.24) is 9.88 Å². The predicted octanol–water partition coefficient (Wildman–Crippen LogP) is 3.45. The van der Waals surface area contributed by atoms with Crippen LogP contribution in [0.4, 0.5) is 5.82 Å². The Labute approximate surface area is 188 Å². The smallest absolute Gasteiger partial charge is 0.245 e. The molecule has 1 unspecified atom stereocenters. The summed E-state index contributed by atoms with van der Waals surface area (Å²) in [5.41, 5.74) is 15.8. The van der Waals surface area contributed by atoms with Gasteiger partial charge in [-0.05, 0) is 49.1 Å². The van der Waals surface area contributed by atoms with Crippen LogP contribution in [0.5, 0.6) is 5.75 Å². The first-order valence-electron chi connectivity index (χ1n) is 11.1. The van der Waals surface area contributed by atoms with Gasteiger partial charge in [-0.3, -0.25) is 4.79 Å². The van der Waals surface area contributed by atoms with Crippen molar-refractivity contribution in [1.29, 1.82) is 0 Å². The van der Waals surface area contributed by atoms with Gasteiger partial charge in [0, 0.05) is 54.1 Å². The number of anilines is 1. The zero-order chi connectivity index (χ0) is 22.7. The molecule has 1 aliphatic carbocycles. The number of ether oxygens (including phenoxy) is 1. The molecule has 0 radical (unpaired) electrons. The lowest BCUT2D eigenvalue weighted by Crippen LogP contribution is -2.61. The fourth-order valence-corrected chi connectivity index (χ4v) is 4.74. The number of nitrogen functional groups attached to an aromatic ring is 1. The Morgan fingerprint density at radius 1 is 1.31 bits per heavy atom. The number of rotatable bonds is 4. The summed E-state index contributed by atoms with van der Waals surface area (Å²) in [6.07, 6.45) is 10.1. The third-order valence-electron chi connectivity index (χ3n) is 6.82. The number of aromatic nitrogens is 1. The van der Waals surface area contributed by atoms with Crippen molar-refractivity contribution >= 4 is 23.5 Å². The lowest BCUT2D eigenvalue weighted by molar-refractivity contribution is -0.144. The summed E-state index contributed by atoms with van der Waals surface area (Å²) in [4.78, 5) is 16.0. The molecular formula is C25H32N4O3. The Kier molecular flexibility index (Phi) is 6.28. The van der Waals surface area contributed by atoms with E-state index in [1.54, 1.807) is 18.2 Å². The maximum atomic E-state index is 11.0. The lowest BCUT2D eigenvalue weighted by Gasteiger charge is -2.55. The average Bonchev–Trinajstić information content (AvgIpc) is 3.37. The van der Waals surface area contributed by atoms with Crippen molar-refractivity contribution in [2.75, 3.05) is 32.0 Å². The molecule has 1 aromatic heterocycles. The van der Waals surface area contributed by atoms with E-state index in [4.69, 9.17) is 16.2 Å². The van der Waals surface area contributed by atoms with Crippen molar-refractivity contribution < 1.29 is 14.6 Å². The van der Waals surface area contributed by atoms with Gasteiger partial charge in [0.1, 0.15) is 11.6 Å². The van der Waals surface area contributed by atoms with Gasteiger partial charge in [0.25, 0.3) is 0 Å². The third kappa shape index (κ3) is 4.39. The molecule has 1 saturated carbocycles. The maximum Gasteiger partial charge on any atom is 0.245 e. The van der Waals surface area contributed by atoms with Gasteiger partial charge in [0.15, 0.2) is 0 Å². The Balaban J connectivity index is 0.000000186. The molecule has 2 aromatic rings. The number of hydrogen-bond donors (Lipinski definition) is 4. The first-order chi connectivity index (χ1) is 15.4. The summed E-state index contributed by atoms with van der Waals surface area (Å²) in [5.74, 6) is 1.17. The number of carbonyl (C=O) groups excluding carboxylic acids is 1. The van der Waals surface area contributed by atoms with E-state index in [0.717, 1.165) is 37.2 Å². The molecule has 7 heteroatoms. The fourth-order valence-electron chi connectivity index (χ4n) is 4.74. The zero-order valence-corrected chi connectivity index (χ0v) is 18.3. The normalized spacial score (nSPS) is 21.3. The van der Waals surface area contributed by atoms with Gasteiger partial charge < -0.3 is 31.2 Å². The van der Waals surface area contributed by atoms with E-state index in [1.807, 2.05) is 23.2 Å². The van der Waals surface area contributed by atoms with E-state index in [9.17, 15) is 9.90 Å². The van der Waals surface area contributed by atoms with Crippen LogP contribution >= 0.6 is 0 Å². The summed E-state index contributed by atoms with van der Waals surface area (Å²) in [6, 6.07) is 6.99. The summed E-state index contributed by atoms with van der Waals surface area (Å²) in [7, 11) is 0. The van der Waals surface area contributed by atoms with Crippen LogP contribution in [0.25, 0.3) is 11.8 Å². The van der Waals surface area contributed by atoms with Crippen LogP contribution in [0, 0.1) is 5.41 Å². The Bertz CT molecular complexity index is 1010. The SMILES string of the molecule is C=CC(=O)N1CC2(CCC2)C1.N/C(=C\c1c(C2CCOC2)c[nH]c1N)c1ccccc1O. The van der Waals surface area contributed by atoms with Crippen LogP contribution in [0.15, 0.2) is 43.1 Å². The second kappa shape index (κ2) is 9.12. The van der Waals surface area contributed by atoms with Crippen molar-refractivity contribution in [3.8, 4) is 5.75 Å². The van der Waals surface area contributed by atoms with Gasteiger partial charge in [0.05, 0.1) is 6.61 Å². The maximum absolute atomic E-state index is 11.0. The Hall–Kier alpha value is -3.19. The zero-order valence-electron chi connectivity index (χ0n) is 18.3. The Morgan fingerprint density at radius 2 is 2.06 bits per heavy atom. The van der Waals surface area contributed by atoms with Crippen molar-refractivity contribution in [3.63, 3.8) is 0 Å². The monoisotopic (exact) mass is 436 g/mol. The number of nitrogens with two attached hydrogens (primary N) is 2. The number of nitrogens with one attached hydrogen (secondary N) is 1. The summed E-state index contributed by atoms with van der Waals surface area (Å²) < 4.78 is 5.44. The quantitative estimate of drug-likeness (QED) is 0.548. The molecule has 3 fully saturated rings. The number of amides is 1. The number of para-hydroxylation sites is 1. The van der Waals surface area contributed by atoms with Gasteiger partial charge in [-0.1, -0.05) is 25.1 Å². The van der Waals surface area contributed by atoms with Gasteiger partial charge in [-0.2, -0.15) is 0 Å². The van der Waals surface area contributed by atoms with Crippen molar-refractivity contribution in [2.45, 2.75) is 31.6 Å². The number of phenols is 1. The highest BCUT2D eigenvalue weighted by Crippen LogP contribution is 2.48. The van der Waals surface area contributed by atoms with E-state index < -0.39 is 0 Å². The predicted molar refractivity (Wildman–Crippen MR) is 127 cm³/mol. The molecule has 32 heavy (non-hydrogen) atoms. The molecule has 6 N–H and O–H groups in total. The molecule has 2 saturated heterocycles. The molecule has 170 valence electrons.